The molecule has 0 saturated carbocycles. The molecule has 0 amide bonds. The Morgan fingerprint density at radius 1 is 0.477 bits per heavy atom. The number of nitrogen functional groups attached to an aromatic ring is 1. The average molecular weight is 567 g/mol. The summed E-state index contributed by atoms with van der Waals surface area (Å²) in [6.07, 6.45) is 1.75. The molecule has 7 aromatic rings. The Kier molecular flexibility index (Phi) is 8.16. The van der Waals surface area contributed by atoms with E-state index in [4.69, 9.17) is 11.1 Å². The summed E-state index contributed by atoms with van der Waals surface area (Å²) in [6, 6.07) is 53.4. The summed E-state index contributed by atoms with van der Waals surface area (Å²) in [7, 11) is 0. The normalized spacial score (nSPS) is 10.7. The number of nitrogens with one attached hydrogen (secondary N) is 1. The van der Waals surface area contributed by atoms with Gasteiger partial charge < -0.3 is 5.73 Å². The van der Waals surface area contributed by atoms with E-state index in [0.29, 0.717) is 0 Å². The van der Waals surface area contributed by atoms with E-state index in [9.17, 15) is 0 Å². The van der Waals surface area contributed by atoms with Gasteiger partial charge >= 0.3 is 0 Å². The molecule has 0 aliphatic rings. The van der Waals surface area contributed by atoms with Crippen molar-refractivity contribution in [2.75, 3.05) is 0 Å². The van der Waals surface area contributed by atoms with Gasteiger partial charge in [-0.05, 0) is 79.0 Å². The third-order valence-corrected chi connectivity index (χ3v) is 7.90. The van der Waals surface area contributed by atoms with E-state index in [0.717, 1.165) is 33.0 Å². The third kappa shape index (κ3) is 5.54. The minimum Gasteiger partial charge on any atom is -0.384 e. The van der Waals surface area contributed by atoms with Gasteiger partial charge in [-0.25, -0.2) is 0 Å². The zero-order valence-electron chi connectivity index (χ0n) is 24.8. The Morgan fingerprint density at radius 2 is 0.818 bits per heavy atom. The molecular formula is C42H34N2. The first-order valence-electron chi connectivity index (χ1n) is 14.8. The van der Waals surface area contributed by atoms with Gasteiger partial charge in [0.15, 0.2) is 0 Å². The molecule has 2 heteroatoms. The van der Waals surface area contributed by atoms with Crippen LogP contribution < -0.4 is 5.73 Å². The maximum atomic E-state index is 8.17. The molecule has 212 valence electrons. The summed E-state index contributed by atoms with van der Waals surface area (Å²) in [5.74, 6) is 0.0687. The highest BCUT2D eigenvalue weighted by atomic mass is 14.7. The Labute approximate surface area is 259 Å². The number of amidine groups is 1. The van der Waals surface area contributed by atoms with Crippen molar-refractivity contribution in [1.82, 2.24) is 0 Å². The van der Waals surface area contributed by atoms with Crippen molar-refractivity contribution in [3.05, 3.63) is 170 Å². The molecule has 0 aliphatic heterocycles. The molecule has 3 N–H and O–H groups in total. The van der Waals surface area contributed by atoms with E-state index < -0.39 is 0 Å². The van der Waals surface area contributed by atoms with Gasteiger partial charge in [-0.2, -0.15) is 0 Å². The summed E-state index contributed by atoms with van der Waals surface area (Å²) in [6.45, 7) is 5.25. The molecule has 0 unspecified atom stereocenters. The molecule has 0 heterocycles. The molecule has 0 aliphatic carbocycles. The standard InChI is InChI=1S/C39H28N2.C3H6/c40-39(41)32-23-24-35-36(25-32)38(31-21-17-29(18-22-31)27-11-5-2-6-12-27)34-14-8-7-13-33(34)37(35)30-19-15-28(16-20-30)26-9-3-1-4-10-26;1-3-2/h1-25H,(H3,40,41);3H,1H2,2H3. The van der Waals surface area contributed by atoms with Gasteiger partial charge in [-0.3, -0.25) is 5.41 Å². The summed E-state index contributed by atoms with van der Waals surface area (Å²) >= 11 is 0. The van der Waals surface area contributed by atoms with Crippen molar-refractivity contribution >= 4 is 27.4 Å². The van der Waals surface area contributed by atoms with Crippen LogP contribution in [0.25, 0.3) is 66.1 Å². The maximum absolute atomic E-state index is 8.17. The van der Waals surface area contributed by atoms with Gasteiger partial charge in [0.1, 0.15) is 5.84 Å². The maximum Gasteiger partial charge on any atom is 0.122 e. The van der Waals surface area contributed by atoms with Crippen LogP contribution in [0, 0.1) is 5.41 Å². The van der Waals surface area contributed by atoms with E-state index in [1.54, 1.807) is 6.08 Å². The van der Waals surface area contributed by atoms with Crippen molar-refractivity contribution < 1.29 is 0 Å². The first kappa shape index (κ1) is 28.4. The first-order chi connectivity index (χ1) is 21.6. The molecular weight excluding hydrogens is 532 g/mol. The topological polar surface area (TPSA) is 49.9 Å². The van der Waals surface area contributed by atoms with E-state index in [2.05, 4.69) is 140 Å². The third-order valence-electron chi connectivity index (χ3n) is 7.90. The first-order valence-corrected chi connectivity index (χ1v) is 14.8. The summed E-state index contributed by atoms with van der Waals surface area (Å²) in [4.78, 5) is 0. The quantitative estimate of drug-likeness (QED) is 0.0926. The Hall–Kier alpha value is -5.73. The van der Waals surface area contributed by atoms with Crippen LogP contribution in [0.15, 0.2) is 164 Å². The summed E-state index contributed by atoms with van der Waals surface area (Å²) in [5, 5.41) is 12.8. The number of allylic oxidation sites excluding steroid dienone is 1. The molecule has 0 bridgehead atoms. The van der Waals surface area contributed by atoms with E-state index in [-0.39, 0.29) is 5.84 Å². The largest absolute Gasteiger partial charge is 0.384 e. The van der Waals surface area contributed by atoms with E-state index in [1.165, 1.54) is 38.6 Å². The fourth-order valence-electron chi connectivity index (χ4n) is 5.89. The summed E-state index contributed by atoms with van der Waals surface area (Å²) in [5.41, 5.74) is 16.1. The zero-order chi connectivity index (χ0) is 30.5. The smallest absolute Gasteiger partial charge is 0.122 e. The lowest BCUT2D eigenvalue weighted by Gasteiger charge is -2.19. The van der Waals surface area contributed by atoms with Crippen molar-refractivity contribution in [2.24, 2.45) is 5.73 Å². The molecule has 0 fully saturated rings. The van der Waals surface area contributed by atoms with Crippen molar-refractivity contribution in [3.8, 4) is 44.5 Å². The molecule has 0 radical (unpaired) electrons. The Morgan fingerprint density at radius 3 is 1.25 bits per heavy atom. The highest BCUT2D eigenvalue weighted by Crippen LogP contribution is 2.44. The minimum absolute atomic E-state index is 0.0687. The van der Waals surface area contributed by atoms with Gasteiger partial charge in [-0.15, -0.1) is 6.58 Å². The monoisotopic (exact) mass is 566 g/mol. The molecule has 0 aromatic heterocycles. The molecule has 7 aromatic carbocycles. The Bertz CT molecular complexity index is 2070. The number of rotatable bonds is 5. The van der Waals surface area contributed by atoms with Gasteiger partial charge in [0.05, 0.1) is 0 Å². The second-order valence-corrected chi connectivity index (χ2v) is 10.8. The molecule has 0 saturated heterocycles. The number of benzene rings is 7. The predicted molar refractivity (Wildman–Crippen MR) is 190 cm³/mol. The highest BCUT2D eigenvalue weighted by molar-refractivity contribution is 6.22. The molecule has 0 spiro atoms. The Balaban J connectivity index is 0.00000110. The number of nitrogens with two attached hydrogens (primary N) is 1. The van der Waals surface area contributed by atoms with Crippen LogP contribution in [-0.4, -0.2) is 5.84 Å². The van der Waals surface area contributed by atoms with Crippen molar-refractivity contribution in [2.45, 2.75) is 6.92 Å². The van der Waals surface area contributed by atoms with Crippen molar-refractivity contribution in [3.63, 3.8) is 0 Å². The van der Waals surface area contributed by atoms with Crippen LogP contribution in [-0.2, 0) is 0 Å². The second-order valence-electron chi connectivity index (χ2n) is 10.8. The van der Waals surface area contributed by atoms with Crippen LogP contribution in [0.5, 0.6) is 0 Å². The molecule has 0 atom stereocenters. The minimum atomic E-state index is 0.0687. The lowest BCUT2D eigenvalue weighted by Crippen LogP contribution is -2.10. The molecule has 7 rings (SSSR count). The van der Waals surface area contributed by atoms with Crippen LogP contribution >= 0.6 is 0 Å². The SMILES string of the molecule is C=CC.N=C(N)c1ccc2c(-c3ccc(-c4ccccc4)cc3)c3ccccc3c(-c3ccc(-c4ccccc4)cc3)c2c1. The van der Waals surface area contributed by atoms with E-state index >= 15 is 0 Å². The molecule has 44 heavy (non-hydrogen) atoms. The lowest BCUT2D eigenvalue weighted by molar-refractivity contribution is 1.43. The van der Waals surface area contributed by atoms with E-state index in [1.807, 2.05) is 25.1 Å². The number of hydrogen-bond donors (Lipinski definition) is 2. The van der Waals surface area contributed by atoms with Gasteiger partial charge in [0.2, 0.25) is 0 Å². The number of fused-ring (bicyclic) bond motifs is 2. The predicted octanol–water partition coefficient (Wildman–Crippen LogP) is 11.1. The van der Waals surface area contributed by atoms with Crippen LogP contribution in [0.2, 0.25) is 0 Å². The fraction of sp³-hybridized carbons (Fsp3) is 0.0238. The van der Waals surface area contributed by atoms with Gasteiger partial charge in [0.25, 0.3) is 0 Å². The van der Waals surface area contributed by atoms with Crippen LogP contribution in [0.1, 0.15) is 12.5 Å². The van der Waals surface area contributed by atoms with Gasteiger partial charge in [0, 0.05) is 5.56 Å². The fourth-order valence-corrected chi connectivity index (χ4v) is 5.89. The number of hydrogen-bond acceptors (Lipinski definition) is 1. The lowest BCUT2D eigenvalue weighted by atomic mass is 9.84. The van der Waals surface area contributed by atoms with Crippen LogP contribution in [0.3, 0.4) is 0 Å². The highest BCUT2D eigenvalue weighted by Gasteiger charge is 2.18. The van der Waals surface area contributed by atoms with Crippen LogP contribution in [0.4, 0.5) is 0 Å². The van der Waals surface area contributed by atoms with Gasteiger partial charge in [-0.1, -0.05) is 152 Å². The van der Waals surface area contributed by atoms with Crippen molar-refractivity contribution in [1.29, 1.82) is 5.41 Å². The average Bonchev–Trinajstić information content (AvgIpc) is 3.08. The summed E-state index contributed by atoms with van der Waals surface area (Å²) < 4.78 is 0. The second kappa shape index (κ2) is 12.6. The molecule has 2 nitrogen and oxygen atoms in total. The zero-order valence-corrected chi connectivity index (χ0v) is 24.8.